The molecule has 0 fully saturated rings. The van der Waals surface area contributed by atoms with Gasteiger partial charge in [-0.05, 0) is 36.8 Å². The summed E-state index contributed by atoms with van der Waals surface area (Å²) >= 11 is 0. The van der Waals surface area contributed by atoms with Gasteiger partial charge in [-0.15, -0.1) is 0 Å². The van der Waals surface area contributed by atoms with Crippen molar-refractivity contribution in [1.82, 2.24) is 0 Å². The van der Waals surface area contributed by atoms with E-state index in [1.54, 1.807) is 31.2 Å². The van der Waals surface area contributed by atoms with Gasteiger partial charge in [0.25, 0.3) is 5.69 Å². The minimum Gasteiger partial charge on any atom is -0.497 e. The highest BCUT2D eigenvalue weighted by molar-refractivity contribution is 7.92. The fraction of sp³-hybridized carbons (Fsp3) is 0.278. The smallest absolute Gasteiger partial charge is 0.271 e. The average Bonchev–Trinajstić information content (AvgIpc) is 2.65. The van der Waals surface area contributed by atoms with Gasteiger partial charge in [0.15, 0.2) is 0 Å². The first kappa shape index (κ1) is 21.2. The lowest BCUT2D eigenvalue weighted by atomic mass is 10.1. The summed E-state index contributed by atoms with van der Waals surface area (Å²) in [6, 6.07) is 10.7. The number of nitro benzene ring substituents is 1. The normalized spacial score (nSPS) is 12.1. The van der Waals surface area contributed by atoms with Gasteiger partial charge in [0.05, 0.1) is 24.0 Å². The lowest BCUT2D eigenvalue weighted by Gasteiger charge is -2.30. The molecule has 9 nitrogen and oxygen atoms in total. The Morgan fingerprint density at radius 3 is 2.39 bits per heavy atom. The number of hydrogen-bond donors (Lipinski definition) is 1. The summed E-state index contributed by atoms with van der Waals surface area (Å²) in [6.07, 6.45) is 1.12. The van der Waals surface area contributed by atoms with Crippen LogP contribution in [0.15, 0.2) is 48.5 Å². The highest BCUT2D eigenvalue weighted by Gasteiger charge is 2.32. The van der Waals surface area contributed by atoms with Gasteiger partial charge in [-0.25, -0.2) is 8.42 Å². The Morgan fingerprint density at radius 1 is 1.25 bits per heavy atom. The SMILES string of the molecule is CCC(C(=O)Nc1ccc(OC)cc1)N(c1cccc([N+](=O)[O-])c1)S(C)(=O)=O. The lowest BCUT2D eigenvalue weighted by Crippen LogP contribution is -2.47. The molecule has 0 bridgehead atoms. The number of hydrogen-bond acceptors (Lipinski definition) is 6. The zero-order chi connectivity index (χ0) is 20.9. The van der Waals surface area contributed by atoms with E-state index in [9.17, 15) is 23.3 Å². The topological polar surface area (TPSA) is 119 Å². The van der Waals surface area contributed by atoms with Gasteiger partial charge >= 0.3 is 0 Å². The van der Waals surface area contributed by atoms with Crippen molar-refractivity contribution in [3.8, 4) is 5.75 Å². The number of methoxy groups -OCH3 is 1. The fourth-order valence-corrected chi connectivity index (χ4v) is 3.91. The van der Waals surface area contributed by atoms with E-state index in [0.29, 0.717) is 11.4 Å². The van der Waals surface area contributed by atoms with Crippen molar-refractivity contribution >= 4 is 33.0 Å². The summed E-state index contributed by atoms with van der Waals surface area (Å²) in [5.74, 6) is 0.0593. The second kappa shape index (κ2) is 8.70. The maximum atomic E-state index is 12.8. The number of ether oxygens (including phenoxy) is 1. The number of nitrogens with one attached hydrogen (secondary N) is 1. The Bertz CT molecular complexity index is 960. The third-order valence-corrected chi connectivity index (χ3v) is 5.16. The van der Waals surface area contributed by atoms with E-state index < -0.39 is 26.9 Å². The summed E-state index contributed by atoms with van der Waals surface area (Å²) < 4.78 is 30.8. The number of anilines is 2. The van der Waals surface area contributed by atoms with Crippen LogP contribution in [0.25, 0.3) is 0 Å². The van der Waals surface area contributed by atoms with Gasteiger partial charge in [-0.2, -0.15) is 0 Å². The van der Waals surface area contributed by atoms with Crippen molar-refractivity contribution in [3.05, 3.63) is 58.6 Å². The highest BCUT2D eigenvalue weighted by atomic mass is 32.2. The number of benzene rings is 2. The number of amides is 1. The molecule has 0 aliphatic heterocycles. The molecule has 10 heteroatoms. The van der Waals surface area contributed by atoms with Gasteiger partial charge < -0.3 is 10.1 Å². The largest absolute Gasteiger partial charge is 0.497 e. The molecule has 1 N–H and O–H groups in total. The second-order valence-electron chi connectivity index (χ2n) is 5.98. The van der Waals surface area contributed by atoms with E-state index in [2.05, 4.69) is 5.32 Å². The summed E-state index contributed by atoms with van der Waals surface area (Å²) in [5.41, 5.74) is 0.252. The predicted octanol–water partition coefficient (Wildman–Crippen LogP) is 2.79. The standard InChI is InChI=1S/C18H21N3O6S/c1-4-17(18(22)19-13-8-10-16(27-2)11-9-13)20(28(3,25)26)14-6-5-7-15(12-14)21(23)24/h5-12,17H,4H2,1-3H3,(H,19,22). The zero-order valence-corrected chi connectivity index (χ0v) is 16.5. The van der Waals surface area contributed by atoms with Crippen molar-refractivity contribution in [2.24, 2.45) is 0 Å². The third kappa shape index (κ3) is 4.97. The van der Waals surface area contributed by atoms with Crippen molar-refractivity contribution in [1.29, 1.82) is 0 Å². The number of sulfonamides is 1. The van der Waals surface area contributed by atoms with Crippen LogP contribution in [0.3, 0.4) is 0 Å². The Labute approximate surface area is 163 Å². The monoisotopic (exact) mass is 407 g/mol. The van der Waals surface area contributed by atoms with Crippen LogP contribution in [0.1, 0.15) is 13.3 Å². The Kier molecular flexibility index (Phi) is 6.57. The Morgan fingerprint density at radius 2 is 1.89 bits per heavy atom. The molecule has 0 aliphatic carbocycles. The summed E-state index contributed by atoms with van der Waals surface area (Å²) in [5, 5.41) is 13.7. The fourth-order valence-electron chi connectivity index (χ4n) is 2.70. The molecule has 1 unspecified atom stereocenters. The van der Waals surface area contributed by atoms with Crippen LogP contribution in [0, 0.1) is 10.1 Å². The second-order valence-corrected chi connectivity index (χ2v) is 7.84. The van der Waals surface area contributed by atoms with Crippen LogP contribution < -0.4 is 14.4 Å². The van der Waals surface area contributed by atoms with Crippen LogP contribution in [-0.4, -0.2) is 38.7 Å². The summed E-state index contributed by atoms with van der Waals surface area (Å²) in [7, 11) is -2.37. The molecule has 0 saturated carbocycles. The number of carbonyl (C=O) groups excluding carboxylic acids is 1. The van der Waals surface area contributed by atoms with E-state index in [1.165, 1.54) is 25.3 Å². The van der Waals surface area contributed by atoms with E-state index in [1.807, 2.05) is 0 Å². The number of rotatable bonds is 8. The first-order valence-corrected chi connectivity index (χ1v) is 10.2. The van der Waals surface area contributed by atoms with Gasteiger partial charge in [-0.1, -0.05) is 13.0 Å². The van der Waals surface area contributed by atoms with Crippen molar-refractivity contribution < 1.29 is 22.9 Å². The van der Waals surface area contributed by atoms with Crippen LogP contribution >= 0.6 is 0 Å². The number of non-ortho nitro benzene ring substituents is 1. The number of nitrogens with zero attached hydrogens (tertiary/aromatic N) is 2. The molecule has 150 valence electrons. The molecule has 2 aromatic rings. The predicted molar refractivity (Wildman–Crippen MR) is 106 cm³/mol. The minimum absolute atomic E-state index is 0.0495. The first-order valence-electron chi connectivity index (χ1n) is 8.36. The van der Waals surface area contributed by atoms with E-state index in [0.717, 1.165) is 16.6 Å². The van der Waals surface area contributed by atoms with Crippen molar-refractivity contribution in [3.63, 3.8) is 0 Å². The molecule has 1 atom stereocenters. The van der Waals surface area contributed by atoms with Crippen LogP contribution in [0.2, 0.25) is 0 Å². The summed E-state index contributed by atoms with van der Waals surface area (Å²) in [6.45, 7) is 1.66. The average molecular weight is 407 g/mol. The maximum Gasteiger partial charge on any atom is 0.271 e. The van der Waals surface area contributed by atoms with Gasteiger partial charge in [0.2, 0.25) is 15.9 Å². The van der Waals surface area contributed by atoms with E-state index in [4.69, 9.17) is 4.74 Å². The van der Waals surface area contributed by atoms with Gasteiger partial charge in [0.1, 0.15) is 11.8 Å². The molecule has 0 heterocycles. The molecule has 2 aromatic carbocycles. The number of carbonyl (C=O) groups is 1. The lowest BCUT2D eigenvalue weighted by molar-refractivity contribution is -0.384. The van der Waals surface area contributed by atoms with Crippen LogP contribution in [0.5, 0.6) is 5.75 Å². The molecule has 0 saturated heterocycles. The van der Waals surface area contributed by atoms with Crippen LogP contribution in [-0.2, 0) is 14.8 Å². The molecular weight excluding hydrogens is 386 g/mol. The van der Waals surface area contributed by atoms with Crippen molar-refractivity contribution in [2.75, 3.05) is 23.0 Å². The Balaban J connectivity index is 2.38. The van der Waals surface area contributed by atoms with E-state index in [-0.39, 0.29) is 17.8 Å². The molecule has 0 radical (unpaired) electrons. The molecular formula is C18H21N3O6S. The van der Waals surface area contributed by atoms with Gasteiger partial charge in [-0.3, -0.25) is 19.2 Å². The Hall–Kier alpha value is -3.14. The van der Waals surface area contributed by atoms with Crippen molar-refractivity contribution in [2.45, 2.75) is 19.4 Å². The summed E-state index contributed by atoms with van der Waals surface area (Å²) in [4.78, 5) is 23.2. The quantitative estimate of drug-likeness (QED) is 0.531. The molecule has 2 rings (SSSR count). The minimum atomic E-state index is -3.89. The zero-order valence-electron chi connectivity index (χ0n) is 15.7. The molecule has 28 heavy (non-hydrogen) atoms. The maximum absolute atomic E-state index is 12.8. The van der Waals surface area contributed by atoms with E-state index >= 15 is 0 Å². The number of nitro groups is 1. The third-order valence-electron chi connectivity index (χ3n) is 3.98. The molecule has 0 spiro atoms. The first-order chi connectivity index (χ1) is 13.2. The van der Waals surface area contributed by atoms with Gasteiger partial charge in [0, 0.05) is 17.8 Å². The molecule has 1 amide bonds. The highest BCUT2D eigenvalue weighted by Crippen LogP contribution is 2.27. The molecule has 0 aromatic heterocycles. The van der Waals surface area contributed by atoms with Crippen LogP contribution in [0.4, 0.5) is 17.1 Å². The molecule has 0 aliphatic rings.